The summed E-state index contributed by atoms with van der Waals surface area (Å²) in [6.45, 7) is 0. The molecule has 0 saturated carbocycles. The topological polar surface area (TPSA) is 90.6 Å². The van der Waals surface area contributed by atoms with E-state index in [0.29, 0.717) is 0 Å². The summed E-state index contributed by atoms with van der Waals surface area (Å²) in [6.07, 6.45) is 0. The van der Waals surface area contributed by atoms with Crippen molar-refractivity contribution < 1.29 is 0 Å². The number of rotatable bonds is 1. The number of anilines is 1. The lowest BCUT2D eigenvalue weighted by atomic mass is 10.9. The molecule has 6 nitrogen and oxygen atoms in total. The third kappa shape index (κ3) is 1.22. The summed E-state index contributed by atoms with van der Waals surface area (Å²) < 4.78 is 0. The second-order valence-electron chi connectivity index (χ2n) is 1.59. The van der Waals surface area contributed by atoms with Crippen molar-refractivity contribution in [3.05, 3.63) is 21.0 Å². The molecule has 3 N–H and O–H groups in total. The van der Waals surface area contributed by atoms with Gasteiger partial charge in [-0.3, -0.25) is 9.97 Å². The summed E-state index contributed by atoms with van der Waals surface area (Å²) in [7, 11) is 1.55. The van der Waals surface area contributed by atoms with E-state index in [-0.39, 0.29) is 5.95 Å². The fourth-order valence-corrected chi connectivity index (χ4v) is 0.512. The predicted octanol–water partition coefficient (Wildman–Crippen LogP) is -1.50. The molecular formula is C4H6N4O2. The molecule has 0 aliphatic heterocycles. The molecule has 0 bridgehead atoms. The van der Waals surface area contributed by atoms with E-state index in [1.54, 1.807) is 7.05 Å². The minimum atomic E-state index is -0.659. The van der Waals surface area contributed by atoms with Crippen molar-refractivity contribution in [2.45, 2.75) is 0 Å². The number of aromatic nitrogens is 3. The second-order valence-corrected chi connectivity index (χ2v) is 1.59. The van der Waals surface area contributed by atoms with E-state index in [2.05, 4.69) is 15.3 Å². The first-order chi connectivity index (χ1) is 4.72. The molecule has 0 atom stereocenters. The van der Waals surface area contributed by atoms with Crippen LogP contribution >= 0.6 is 0 Å². The van der Waals surface area contributed by atoms with Crippen LogP contribution in [-0.4, -0.2) is 22.0 Å². The molecule has 0 amide bonds. The molecule has 1 aromatic heterocycles. The van der Waals surface area contributed by atoms with Gasteiger partial charge in [0.1, 0.15) is 0 Å². The molecule has 6 heteroatoms. The molecule has 0 aliphatic carbocycles. The normalized spacial score (nSPS) is 9.30. The summed E-state index contributed by atoms with van der Waals surface area (Å²) in [5.74, 6) is 0.161. The zero-order chi connectivity index (χ0) is 7.56. The number of nitrogens with one attached hydrogen (secondary N) is 3. The van der Waals surface area contributed by atoms with Crippen molar-refractivity contribution in [2.75, 3.05) is 12.4 Å². The van der Waals surface area contributed by atoms with Crippen molar-refractivity contribution in [3.8, 4) is 0 Å². The fourth-order valence-electron chi connectivity index (χ4n) is 0.512. The zero-order valence-corrected chi connectivity index (χ0v) is 5.26. The van der Waals surface area contributed by atoms with Gasteiger partial charge in [-0.1, -0.05) is 0 Å². The van der Waals surface area contributed by atoms with Crippen molar-refractivity contribution >= 4 is 5.95 Å². The standard InChI is InChI=1S/C4H6N4O2/c1-5-2-6-3(9)8-4(10)7-2/h1H3,(H3,5,6,7,8,9,10). The van der Waals surface area contributed by atoms with Gasteiger partial charge in [-0.2, -0.15) is 4.98 Å². The Balaban J connectivity index is 3.33. The molecule has 54 valence electrons. The Morgan fingerprint density at radius 2 is 2.10 bits per heavy atom. The first-order valence-corrected chi connectivity index (χ1v) is 2.61. The van der Waals surface area contributed by atoms with Gasteiger partial charge in [0.25, 0.3) is 0 Å². The SMILES string of the molecule is CNc1nc(=O)[nH]c(=O)[nH]1. The van der Waals surface area contributed by atoms with Gasteiger partial charge >= 0.3 is 11.4 Å². The van der Waals surface area contributed by atoms with Gasteiger partial charge in [-0.25, -0.2) is 9.59 Å². The molecule has 0 aliphatic rings. The smallest absolute Gasteiger partial charge is 0.352 e. The Hall–Kier alpha value is -1.59. The minimum absolute atomic E-state index is 0.161. The molecule has 0 spiro atoms. The Labute approximate surface area is 55.3 Å². The number of hydrogen-bond donors (Lipinski definition) is 3. The molecule has 10 heavy (non-hydrogen) atoms. The highest BCUT2D eigenvalue weighted by molar-refractivity contribution is 5.18. The lowest BCUT2D eigenvalue weighted by Gasteiger charge is -1.92. The number of nitrogens with zero attached hydrogens (tertiary/aromatic N) is 1. The molecule has 0 radical (unpaired) electrons. The van der Waals surface area contributed by atoms with Crippen LogP contribution in [0.1, 0.15) is 0 Å². The lowest BCUT2D eigenvalue weighted by Crippen LogP contribution is -2.25. The molecule has 1 rings (SSSR count). The van der Waals surface area contributed by atoms with E-state index < -0.39 is 11.4 Å². The van der Waals surface area contributed by atoms with Crippen LogP contribution in [0.4, 0.5) is 5.95 Å². The average Bonchev–Trinajstić information content (AvgIpc) is 1.85. The third-order valence-corrected chi connectivity index (χ3v) is 0.903. The molecule has 0 aromatic carbocycles. The van der Waals surface area contributed by atoms with Crippen LogP contribution in [0.25, 0.3) is 0 Å². The average molecular weight is 142 g/mol. The molecular weight excluding hydrogens is 136 g/mol. The third-order valence-electron chi connectivity index (χ3n) is 0.903. The largest absolute Gasteiger partial charge is 0.359 e. The summed E-state index contributed by atoms with van der Waals surface area (Å²) >= 11 is 0. The fraction of sp³-hybridized carbons (Fsp3) is 0.250. The van der Waals surface area contributed by atoms with Gasteiger partial charge in [-0.15, -0.1) is 0 Å². The maximum atomic E-state index is 10.5. The van der Waals surface area contributed by atoms with E-state index in [0.717, 1.165) is 0 Å². The van der Waals surface area contributed by atoms with Crippen molar-refractivity contribution in [1.29, 1.82) is 0 Å². The molecule has 0 fully saturated rings. The monoisotopic (exact) mass is 142 g/mol. The van der Waals surface area contributed by atoms with Crippen molar-refractivity contribution in [2.24, 2.45) is 0 Å². The summed E-state index contributed by atoms with van der Waals surface area (Å²) in [4.78, 5) is 28.5. The molecule has 1 aromatic rings. The number of aromatic amines is 2. The maximum absolute atomic E-state index is 10.5. The highest BCUT2D eigenvalue weighted by Crippen LogP contribution is 1.80. The first-order valence-electron chi connectivity index (χ1n) is 2.61. The van der Waals surface area contributed by atoms with E-state index in [1.165, 1.54) is 0 Å². The van der Waals surface area contributed by atoms with Gasteiger partial charge in [0.05, 0.1) is 0 Å². The van der Waals surface area contributed by atoms with Gasteiger partial charge in [0.2, 0.25) is 5.95 Å². The zero-order valence-electron chi connectivity index (χ0n) is 5.26. The quantitative estimate of drug-likeness (QED) is 0.445. The number of H-pyrrole nitrogens is 2. The van der Waals surface area contributed by atoms with Crippen molar-refractivity contribution in [3.63, 3.8) is 0 Å². The highest BCUT2D eigenvalue weighted by Gasteiger charge is 1.91. The summed E-state index contributed by atoms with van der Waals surface area (Å²) in [5.41, 5.74) is -1.22. The van der Waals surface area contributed by atoms with E-state index in [1.807, 2.05) is 4.98 Å². The maximum Gasteiger partial charge on any atom is 0.352 e. The van der Waals surface area contributed by atoms with Gasteiger partial charge in [-0.05, 0) is 0 Å². The lowest BCUT2D eigenvalue weighted by molar-refractivity contribution is 0.938. The predicted molar refractivity (Wildman–Crippen MR) is 35.0 cm³/mol. The van der Waals surface area contributed by atoms with Crippen LogP contribution in [0.2, 0.25) is 0 Å². The Morgan fingerprint density at radius 3 is 2.60 bits per heavy atom. The summed E-state index contributed by atoms with van der Waals surface area (Å²) in [6, 6.07) is 0. The van der Waals surface area contributed by atoms with Crippen LogP contribution in [0.15, 0.2) is 9.59 Å². The Kier molecular flexibility index (Phi) is 1.53. The van der Waals surface area contributed by atoms with Crippen LogP contribution in [0.5, 0.6) is 0 Å². The summed E-state index contributed by atoms with van der Waals surface area (Å²) in [5, 5.41) is 2.52. The molecule has 0 saturated heterocycles. The molecule has 1 heterocycles. The highest BCUT2D eigenvalue weighted by atomic mass is 16.2. The van der Waals surface area contributed by atoms with E-state index in [9.17, 15) is 9.59 Å². The first kappa shape index (κ1) is 6.53. The van der Waals surface area contributed by atoms with Gasteiger partial charge < -0.3 is 5.32 Å². The van der Waals surface area contributed by atoms with Gasteiger partial charge in [0.15, 0.2) is 0 Å². The van der Waals surface area contributed by atoms with Crippen molar-refractivity contribution in [1.82, 2.24) is 15.0 Å². The van der Waals surface area contributed by atoms with Crippen LogP contribution < -0.4 is 16.7 Å². The van der Waals surface area contributed by atoms with E-state index in [4.69, 9.17) is 0 Å². The van der Waals surface area contributed by atoms with Gasteiger partial charge in [0, 0.05) is 7.05 Å². The Morgan fingerprint density at radius 1 is 1.40 bits per heavy atom. The van der Waals surface area contributed by atoms with Crippen LogP contribution in [-0.2, 0) is 0 Å². The van der Waals surface area contributed by atoms with Crippen LogP contribution in [0, 0.1) is 0 Å². The van der Waals surface area contributed by atoms with E-state index >= 15 is 0 Å². The molecule has 0 unspecified atom stereocenters. The minimum Gasteiger partial charge on any atom is -0.359 e. The number of hydrogen-bond acceptors (Lipinski definition) is 4. The van der Waals surface area contributed by atoms with Crippen LogP contribution in [0.3, 0.4) is 0 Å². The second kappa shape index (κ2) is 2.34. The Bertz CT molecular complexity index is 296.